The highest BCUT2D eigenvalue weighted by Gasteiger charge is 2.38. The largest absolute Gasteiger partial charge is 0.490 e. The second-order valence-corrected chi connectivity index (χ2v) is 9.11. The maximum atomic E-state index is 14.0. The van der Waals surface area contributed by atoms with Gasteiger partial charge in [0.05, 0.1) is 0 Å². The molecule has 1 aliphatic rings. The highest BCUT2D eigenvalue weighted by Crippen LogP contribution is 2.30. The average Bonchev–Trinajstić information content (AvgIpc) is 2.64. The van der Waals surface area contributed by atoms with Gasteiger partial charge in [0.15, 0.2) is 0 Å². The molecule has 156 valence electrons. The molecule has 1 amide bonds. The van der Waals surface area contributed by atoms with E-state index >= 15 is 0 Å². The van der Waals surface area contributed by atoms with Crippen molar-refractivity contribution in [1.29, 1.82) is 0 Å². The summed E-state index contributed by atoms with van der Waals surface area (Å²) >= 11 is 5.86. The summed E-state index contributed by atoms with van der Waals surface area (Å²) in [5, 5.41) is 0.535. The van der Waals surface area contributed by atoms with Crippen molar-refractivity contribution in [1.82, 2.24) is 4.31 Å². The quantitative estimate of drug-likeness (QED) is 0.741. The number of ether oxygens (including phenoxy) is 1. The van der Waals surface area contributed by atoms with E-state index in [2.05, 4.69) is 0 Å². The second-order valence-electron chi connectivity index (χ2n) is 6.77. The standard InChI is InChI=1S/C19H19ClF2N2O4S/c20-13-1-4-15(5-2-13)28-17-7-8-24(11-12(17)9-19(23)25)29(26,27)18-6-3-14(21)10-16(18)22/h1-6,10,12,17H,7-9,11H2,(H2,23,25)/t12-,17-/m0/s1. The molecule has 10 heteroatoms. The lowest BCUT2D eigenvalue weighted by molar-refractivity contribution is -0.120. The van der Waals surface area contributed by atoms with Gasteiger partial charge in [0.1, 0.15) is 28.4 Å². The molecule has 2 atom stereocenters. The van der Waals surface area contributed by atoms with Crippen LogP contribution in [-0.4, -0.2) is 37.8 Å². The van der Waals surface area contributed by atoms with Crippen molar-refractivity contribution in [3.63, 3.8) is 0 Å². The predicted octanol–water partition coefficient (Wildman–Crippen LogP) is 2.95. The monoisotopic (exact) mass is 444 g/mol. The first-order valence-corrected chi connectivity index (χ1v) is 10.6. The van der Waals surface area contributed by atoms with Crippen LogP contribution in [0, 0.1) is 17.6 Å². The van der Waals surface area contributed by atoms with Gasteiger partial charge in [-0.2, -0.15) is 4.31 Å². The fraction of sp³-hybridized carbons (Fsp3) is 0.316. The zero-order chi connectivity index (χ0) is 21.2. The van der Waals surface area contributed by atoms with Crippen LogP contribution in [0.4, 0.5) is 8.78 Å². The van der Waals surface area contributed by atoms with E-state index in [1.54, 1.807) is 24.3 Å². The summed E-state index contributed by atoms with van der Waals surface area (Å²) in [6, 6.07) is 8.92. The first kappa shape index (κ1) is 21.5. The number of benzene rings is 2. The Morgan fingerprint density at radius 1 is 1.21 bits per heavy atom. The van der Waals surface area contributed by atoms with Crippen LogP contribution in [0.2, 0.25) is 5.02 Å². The lowest BCUT2D eigenvalue weighted by atomic mass is 9.92. The molecule has 29 heavy (non-hydrogen) atoms. The van der Waals surface area contributed by atoms with Gasteiger partial charge in [-0.1, -0.05) is 11.6 Å². The van der Waals surface area contributed by atoms with Gasteiger partial charge < -0.3 is 10.5 Å². The van der Waals surface area contributed by atoms with Crippen molar-refractivity contribution in [2.75, 3.05) is 13.1 Å². The van der Waals surface area contributed by atoms with Crippen LogP contribution in [0.15, 0.2) is 47.4 Å². The number of nitrogens with zero attached hydrogens (tertiary/aromatic N) is 1. The number of halogens is 3. The zero-order valence-electron chi connectivity index (χ0n) is 15.2. The summed E-state index contributed by atoms with van der Waals surface area (Å²) in [4.78, 5) is 10.9. The van der Waals surface area contributed by atoms with Crippen molar-refractivity contribution in [2.24, 2.45) is 11.7 Å². The molecule has 6 nitrogen and oxygen atoms in total. The molecular formula is C19H19ClF2N2O4S. The Kier molecular flexibility index (Phi) is 6.40. The molecule has 2 aromatic rings. The number of primary amides is 1. The van der Waals surface area contributed by atoms with E-state index in [0.717, 1.165) is 16.4 Å². The van der Waals surface area contributed by atoms with E-state index in [4.69, 9.17) is 22.1 Å². The number of carbonyl (C=O) groups excluding carboxylic acids is 1. The summed E-state index contributed by atoms with van der Waals surface area (Å²) < 4.78 is 59.9. The summed E-state index contributed by atoms with van der Waals surface area (Å²) in [5.74, 6) is -2.66. The molecule has 1 heterocycles. The van der Waals surface area contributed by atoms with E-state index in [-0.39, 0.29) is 25.9 Å². The van der Waals surface area contributed by atoms with Gasteiger partial charge in [-0.05, 0) is 42.8 Å². The third kappa shape index (κ3) is 5.04. The molecule has 1 saturated heterocycles. The Labute approximate surface area is 172 Å². The number of nitrogens with two attached hydrogens (primary N) is 1. The Hall–Kier alpha value is -2.23. The minimum atomic E-state index is -4.21. The van der Waals surface area contributed by atoms with Gasteiger partial charge in [0, 0.05) is 36.5 Å². The Balaban J connectivity index is 1.81. The molecular weight excluding hydrogens is 426 g/mol. The maximum absolute atomic E-state index is 14.0. The fourth-order valence-corrected chi connectivity index (χ4v) is 5.00. The highest BCUT2D eigenvalue weighted by atomic mass is 35.5. The van der Waals surface area contributed by atoms with Crippen molar-refractivity contribution < 1.29 is 26.7 Å². The van der Waals surface area contributed by atoms with Crippen molar-refractivity contribution in [3.8, 4) is 5.75 Å². The summed E-state index contributed by atoms with van der Waals surface area (Å²) in [7, 11) is -4.21. The molecule has 0 bridgehead atoms. The molecule has 0 spiro atoms. The van der Waals surface area contributed by atoms with Crippen LogP contribution in [0.3, 0.4) is 0 Å². The molecule has 1 aliphatic heterocycles. The lowest BCUT2D eigenvalue weighted by Gasteiger charge is -2.37. The third-order valence-corrected chi connectivity index (χ3v) is 6.85. The van der Waals surface area contributed by atoms with Gasteiger partial charge in [-0.15, -0.1) is 0 Å². The third-order valence-electron chi connectivity index (χ3n) is 4.70. The lowest BCUT2D eigenvalue weighted by Crippen LogP contribution is -2.49. The number of piperidine rings is 1. The smallest absolute Gasteiger partial charge is 0.246 e. The van der Waals surface area contributed by atoms with Crippen molar-refractivity contribution in [2.45, 2.75) is 23.8 Å². The summed E-state index contributed by atoms with van der Waals surface area (Å²) in [6.45, 7) is -0.0347. The highest BCUT2D eigenvalue weighted by molar-refractivity contribution is 7.89. The molecule has 2 N–H and O–H groups in total. The molecule has 0 aromatic heterocycles. The van der Waals surface area contributed by atoms with Gasteiger partial charge >= 0.3 is 0 Å². The van der Waals surface area contributed by atoms with E-state index in [1.807, 2.05) is 0 Å². The van der Waals surface area contributed by atoms with E-state index in [1.165, 1.54) is 0 Å². The minimum absolute atomic E-state index is 0.0483. The van der Waals surface area contributed by atoms with Gasteiger partial charge in [-0.25, -0.2) is 17.2 Å². The number of carbonyl (C=O) groups is 1. The number of amides is 1. The number of hydrogen-bond acceptors (Lipinski definition) is 4. The van der Waals surface area contributed by atoms with E-state index < -0.39 is 44.5 Å². The molecule has 0 aliphatic carbocycles. The van der Waals surface area contributed by atoms with Crippen LogP contribution in [0.1, 0.15) is 12.8 Å². The van der Waals surface area contributed by atoms with Crippen LogP contribution in [0.25, 0.3) is 0 Å². The van der Waals surface area contributed by atoms with Crippen LogP contribution < -0.4 is 10.5 Å². The second kappa shape index (κ2) is 8.64. The van der Waals surface area contributed by atoms with Crippen molar-refractivity contribution >= 4 is 27.5 Å². The summed E-state index contributed by atoms with van der Waals surface area (Å²) in [5.41, 5.74) is 5.32. The number of hydrogen-bond donors (Lipinski definition) is 1. The van der Waals surface area contributed by atoms with Crippen LogP contribution in [-0.2, 0) is 14.8 Å². The summed E-state index contributed by atoms with van der Waals surface area (Å²) in [6.07, 6.45) is -0.299. The molecule has 1 fully saturated rings. The van der Waals surface area contributed by atoms with Gasteiger partial charge in [0.25, 0.3) is 0 Å². The number of rotatable bonds is 6. The number of sulfonamides is 1. The molecule has 0 unspecified atom stereocenters. The average molecular weight is 445 g/mol. The Bertz CT molecular complexity index is 1000. The van der Waals surface area contributed by atoms with Gasteiger partial charge in [0.2, 0.25) is 15.9 Å². The fourth-order valence-electron chi connectivity index (χ4n) is 3.32. The normalized spacial score (nSPS) is 20.4. The maximum Gasteiger partial charge on any atom is 0.246 e. The Morgan fingerprint density at radius 3 is 2.52 bits per heavy atom. The zero-order valence-corrected chi connectivity index (χ0v) is 16.8. The SMILES string of the molecule is NC(=O)C[C@H]1CN(S(=O)(=O)c2ccc(F)cc2F)CC[C@@H]1Oc1ccc(Cl)cc1. The first-order valence-electron chi connectivity index (χ1n) is 8.82. The van der Waals surface area contributed by atoms with E-state index in [9.17, 15) is 22.0 Å². The Morgan fingerprint density at radius 2 is 1.90 bits per heavy atom. The molecule has 0 saturated carbocycles. The topological polar surface area (TPSA) is 89.7 Å². The van der Waals surface area contributed by atoms with Crippen molar-refractivity contribution in [3.05, 3.63) is 59.1 Å². The molecule has 0 radical (unpaired) electrons. The van der Waals surface area contributed by atoms with Crippen LogP contribution in [0.5, 0.6) is 5.75 Å². The first-order chi connectivity index (χ1) is 13.7. The minimum Gasteiger partial charge on any atom is -0.490 e. The van der Waals surface area contributed by atoms with Crippen LogP contribution >= 0.6 is 11.6 Å². The predicted molar refractivity (Wildman–Crippen MR) is 103 cm³/mol. The molecule has 3 rings (SSSR count). The molecule has 2 aromatic carbocycles. The van der Waals surface area contributed by atoms with E-state index in [0.29, 0.717) is 16.8 Å². The van der Waals surface area contributed by atoms with Gasteiger partial charge in [-0.3, -0.25) is 4.79 Å².